The van der Waals surface area contributed by atoms with Crippen molar-refractivity contribution in [3.63, 3.8) is 0 Å². The summed E-state index contributed by atoms with van der Waals surface area (Å²) in [6.45, 7) is 5.67. The Hall–Kier alpha value is -1.86. The first-order valence-corrected chi connectivity index (χ1v) is 7.40. The second kappa shape index (κ2) is 6.28. The van der Waals surface area contributed by atoms with Gasteiger partial charge < -0.3 is 10.1 Å². The highest BCUT2D eigenvalue weighted by Gasteiger charge is 2.17. The minimum absolute atomic E-state index is 0.0568. The molecule has 0 spiro atoms. The van der Waals surface area contributed by atoms with Gasteiger partial charge in [0, 0.05) is 17.0 Å². The number of nitro benzene ring substituents is 1. The van der Waals surface area contributed by atoms with Crippen molar-refractivity contribution in [3.05, 3.63) is 45.9 Å². The molecule has 0 radical (unpaired) electrons. The molecule has 112 valence electrons. The highest BCUT2D eigenvalue weighted by molar-refractivity contribution is 7.99. The van der Waals surface area contributed by atoms with E-state index in [1.54, 1.807) is 13.0 Å². The number of nitrogens with one attached hydrogen (secondary N) is 1. The van der Waals surface area contributed by atoms with Gasteiger partial charge in [-0.3, -0.25) is 10.1 Å². The van der Waals surface area contributed by atoms with E-state index in [1.165, 1.54) is 23.9 Å². The molecule has 2 rings (SSSR count). The Morgan fingerprint density at radius 1 is 1.38 bits per heavy atom. The summed E-state index contributed by atoms with van der Waals surface area (Å²) in [5, 5.41) is 21.3. The molecule has 1 heterocycles. The average Bonchev–Trinajstić information content (AvgIpc) is 2.83. The van der Waals surface area contributed by atoms with Crippen molar-refractivity contribution in [2.45, 2.75) is 42.7 Å². The maximum Gasteiger partial charge on any atom is 0.270 e. The second-order valence-electron chi connectivity index (χ2n) is 5.02. The minimum Gasteiger partial charge on any atom is -0.385 e. The standard InChI is InChI=1S/C14H17N3O3S/c1-8(2)12-14(16-13(15-12)9(3)18)21-11-6-4-5-10(7-11)17(19)20/h4-9,18H,1-3H3,(H,15,16). The number of aliphatic hydroxyl groups excluding tert-OH is 1. The number of hydrogen-bond acceptors (Lipinski definition) is 5. The Labute approximate surface area is 126 Å². The van der Waals surface area contributed by atoms with Crippen LogP contribution in [0.2, 0.25) is 0 Å². The number of aromatic amines is 1. The molecule has 1 atom stereocenters. The molecule has 0 aliphatic carbocycles. The molecule has 0 aliphatic rings. The van der Waals surface area contributed by atoms with Gasteiger partial charge in [-0.2, -0.15) is 0 Å². The van der Waals surface area contributed by atoms with Crippen molar-refractivity contribution >= 4 is 17.4 Å². The second-order valence-corrected chi connectivity index (χ2v) is 6.11. The largest absolute Gasteiger partial charge is 0.385 e. The van der Waals surface area contributed by atoms with E-state index < -0.39 is 11.0 Å². The van der Waals surface area contributed by atoms with Crippen LogP contribution in [0.5, 0.6) is 0 Å². The minimum atomic E-state index is -0.679. The fraction of sp³-hybridized carbons (Fsp3) is 0.357. The maximum atomic E-state index is 10.8. The molecule has 2 N–H and O–H groups in total. The lowest BCUT2D eigenvalue weighted by atomic mass is 10.2. The number of aromatic nitrogens is 2. The van der Waals surface area contributed by atoms with Crippen LogP contribution in [-0.4, -0.2) is 20.0 Å². The lowest BCUT2D eigenvalue weighted by Crippen LogP contribution is -1.94. The number of hydrogen-bond donors (Lipinski definition) is 2. The summed E-state index contributed by atoms with van der Waals surface area (Å²) in [6, 6.07) is 6.45. The Morgan fingerprint density at radius 3 is 2.67 bits per heavy atom. The van der Waals surface area contributed by atoms with E-state index in [9.17, 15) is 15.2 Å². The number of nitrogens with zero attached hydrogens (tertiary/aromatic N) is 2. The van der Waals surface area contributed by atoms with Gasteiger partial charge >= 0.3 is 0 Å². The molecule has 1 aromatic heterocycles. The van der Waals surface area contributed by atoms with E-state index >= 15 is 0 Å². The Morgan fingerprint density at radius 2 is 2.10 bits per heavy atom. The smallest absolute Gasteiger partial charge is 0.270 e. The highest BCUT2D eigenvalue weighted by atomic mass is 32.2. The van der Waals surface area contributed by atoms with Crippen LogP contribution in [0.1, 0.15) is 44.3 Å². The normalized spacial score (nSPS) is 12.6. The first kappa shape index (κ1) is 15.5. The Balaban J connectivity index is 2.34. The number of non-ortho nitro benzene ring substituents is 1. The van der Waals surface area contributed by atoms with E-state index in [0.29, 0.717) is 5.82 Å². The van der Waals surface area contributed by atoms with Crippen molar-refractivity contribution < 1.29 is 10.0 Å². The van der Waals surface area contributed by atoms with Gasteiger partial charge in [-0.25, -0.2) is 4.98 Å². The van der Waals surface area contributed by atoms with Crippen LogP contribution in [0.25, 0.3) is 0 Å². The number of imidazole rings is 1. The molecule has 0 saturated carbocycles. The molecule has 0 saturated heterocycles. The van der Waals surface area contributed by atoms with Crippen molar-refractivity contribution in [1.82, 2.24) is 9.97 Å². The highest BCUT2D eigenvalue weighted by Crippen LogP contribution is 2.34. The maximum absolute atomic E-state index is 10.8. The molecular formula is C14H17N3O3S. The first-order chi connectivity index (χ1) is 9.88. The van der Waals surface area contributed by atoms with E-state index in [0.717, 1.165) is 15.6 Å². The zero-order chi connectivity index (χ0) is 15.6. The summed E-state index contributed by atoms with van der Waals surface area (Å²) >= 11 is 1.38. The van der Waals surface area contributed by atoms with Gasteiger partial charge in [-0.15, -0.1) is 0 Å². The molecule has 1 aromatic carbocycles. The van der Waals surface area contributed by atoms with Crippen LogP contribution in [0.3, 0.4) is 0 Å². The topological polar surface area (TPSA) is 92.1 Å². The molecule has 1 unspecified atom stereocenters. The Kier molecular flexibility index (Phi) is 4.64. The van der Waals surface area contributed by atoms with Crippen LogP contribution < -0.4 is 0 Å². The molecule has 0 aliphatic heterocycles. The van der Waals surface area contributed by atoms with Gasteiger partial charge in [0.15, 0.2) is 0 Å². The lowest BCUT2D eigenvalue weighted by Gasteiger charge is -2.05. The van der Waals surface area contributed by atoms with E-state index in [4.69, 9.17) is 0 Å². The third-order valence-electron chi connectivity index (χ3n) is 2.91. The fourth-order valence-electron chi connectivity index (χ4n) is 1.83. The number of nitro groups is 1. The third-order valence-corrected chi connectivity index (χ3v) is 3.91. The molecular weight excluding hydrogens is 290 g/mol. The molecule has 7 heteroatoms. The summed E-state index contributed by atoms with van der Waals surface area (Å²) in [5.41, 5.74) is 0.906. The summed E-state index contributed by atoms with van der Waals surface area (Å²) in [7, 11) is 0. The first-order valence-electron chi connectivity index (χ1n) is 6.58. The van der Waals surface area contributed by atoms with E-state index in [2.05, 4.69) is 9.97 Å². The van der Waals surface area contributed by atoms with E-state index in [-0.39, 0.29) is 11.6 Å². The quantitative estimate of drug-likeness (QED) is 0.650. The zero-order valence-electron chi connectivity index (χ0n) is 12.0. The molecule has 2 aromatic rings. The third kappa shape index (κ3) is 3.62. The molecule has 6 nitrogen and oxygen atoms in total. The lowest BCUT2D eigenvalue weighted by molar-refractivity contribution is -0.385. The number of rotatable bonds is 5. The van der Waals surface area contributed by atoms with Gasteiger partial charge in [0.25, 0.3) is 5.69 Å². The van der Waals surface area contributed by atoms with Gasteiger partial charge in [0.2, 0.25) is 0 Å². The van der Waals surface area contributed by atoms with E-state index in [1.807, 2.05) is 19.9 Å². The monoisotopic (exact) mass is 307 g/mol. The number of aliphatic hydroxyl groups is 1. The van der Waals surface area contributed by atoms with Crippen LogP contribution in [0, 0.1) is 10.1 Å². The SMILES string of the molecule is CC(C)c1nc(C(C)O)[nH]c1Sc1cccc([N+](=O)[O-])c1. The summed E-state index contributed by atoms with van der Waals surface area (Å²) in [5.74, 6) is 0.696. The Bertz CT molecular complexity index is 653. The van der Waals surface area contributed by atoms with Crippen molar-refractivity contribution in [1.29, 1.82) is 0 Å². The fourth-order valence-corrected chi connectivity index (χ4v) is 2.94. The van der Waals surface area contributed by atoms with Gasteiger partial charge in [0.05, 0.1) is 10.6 Å². The van der Waals surface area contributed by atoms with Gasteiger partial charge in [-0.05, 0) is 18.9 Å². The summed E-state index contributed by atoms with van der Waals surface area (Å²) < 4.78 is 0. The number of benzene rings is 1. The van der Waals surface area contributed by atoms with Crippen molar-refractivity contribution in [2.24, 2.45) is 0 Å². The molecule has 0 bridgehead atoms. The van der Waals surface area contributed by atoms with Gasteiger partial charge in [0.1, 0.15) is 17.0 Å². The van der Waals surface area contributed by atoms with Crippen LogP contribution in [0.15, 0.2) is 34.2 Å². The van der Waals surface area contributed by atoms with Crippen LogP contribution in [-0.2, 0) is 0 Å². The zero-order valence-corrected chi connectivity index (χ0v) is 12.8. The predicted octanol–water partition coefficient (Wildman–Crippen LogP) is 3.65. The number of H-pyrrole nitrogens is 1. The summed E-state index contributed by atoms with van der Waals surface area (Å²) in [4.78, 5) is 18.7. The van der Waals surface area contributed by atoms with Crippen molar-refractivity contribution in [3.8, 4) is 0 Å². The average molecular weight is 307 g/mol. The molecule has 21 heavy (non-hydrogen) atoms. The molecule has 0 fully saturated rings. The summed E-state index contributed by atoms with van der Waals surface area (Å²) in [6.07, 6.45) is -0.679. The van der Waals surface area contributed by atoms with Crippen molar-refractivity contribution in [2.75, 3.05) is 0 Å². The van der Waals surface area contributed by atoms with Crippen LogP contribution in [0.4, 0.5) is 5.69 Å². The van der Waals surface area contributed by atoms with Gasteiger partial charge in [-0.1, -0.05) is 31.7 Å². The molecule has 0 amide bonds. The van der Waals surface area contributed by atoms with Crippen LogP contribution >= 0.6 is 11.8 Å². The predicted molar refractivity (Wildman–Crippen MR) is 80.5 cm³/mol.